The van der Waals surface area contributed by atoms with Gasteiger partial charge in [-0.25, -0.2) is 9.97 Å². The number of nitrogens with zero attached hydrogens (tertiary/aromatic N) is 3. The molecule has 0 saturated carbocycles. The molecule has 0 atom stereocenters. The molecular weight excluding hydrogens is 259 g/mol. The van der Waals surface area contributed by atoms with Gasteiger partial charge >= 0.3 is 0 Å². The summed E-state index contributed by atoms with van der Waals surface area (Å²) in [5.74, 6) is 0.926. The topological polar surface area (TPSA) is 41.1 Å². The molecule has 1 aromatic heterocycles. The first-order chi connectivity index (χ1) is 7.43. The number of hydrogen-bond donors (Lipinski definition) is 1. The summed E-state index contributed by atoms with van der Waals surface area (Å²) >= 11 is 0. The number of nitrogens with one attached hydrogen (secondary N) is 1. The van der Waals surface area contributed by atoms with E-state index in [2.05, 4.69) is 20.2 Å². The van der Waals surface area contributed by atoms with E-state index in [9.17, 15) is 0 Å². The number of anilines is 1. The molecule has 2 aliphatic heterocycles. The Hall–Kier alpha value is -0.580. The zero-order valence-corrected chi connectivity index (χ0v) is 11.3. The van der Waals surface area contributed by atoms with Gasteiger partial charge in [-0.3, -0.25) is 0 Å². The van der Waals surface area contributed by atoms with E-state index in [4.69, 9.17) is 0 Å². The summed E-state index contributed by atoms with van der Waals surface area (Å²) in [6.45, 7) is 4.19. The second-order valence-electron chi connectivity index (χ2n) is 4.26. The Balaban J connectivity index is 0.000000722. The van der Waals surface area contributed by atoms with Crippen molar-refractivity contribution in [1.29, 1.82) is 0 Å². The molecule has 0 amide bonds. The molecule has 0 aliphatic carbocycles. The van der Waals surface area contributed by atoms with Gasteiger partial charge in [-0.15, -0.1) is 24.8 Å². The first-order valence-corrected chi connectivity index (χ1v) is 5.74. The molecule has 4 nitrogen and oxygen atoms in total. The van der Waals surface area contributed by atoms with E-state index in [1.165, 1.54) is 24.1 Å². The second kappa shape index (κ2) is 6.38. The standard InChI is InChI=1S/C11H16N4.2ClH/c1-2-6-15(5-1)11-13-7-9-3-4-12-8-10(9)14-11;;/h7,12H,1-6,8H2;2*1H. The summed E-state index contributed by atoms with van der Waals surface area (Å²) in [6.07, 6.45) is 5.63. The Labute approximate surface area is 114 Å². The summed E-state index contributed by atoms with van der Waals surface area (Å²) in [6, 6.07) is 0. The van der Waals surface area contributed by atoms with Crippen molar-refractivity contribution in [3.05, 3.63) is 17.5 Å². The zero-order valence-electron chi connectivity index (χ0n) is 9.69. The van der Waals surface area contributed by atoms with Crippen molar-refractivity contribution in [3.63, 3.8) is 0 Å². The van der Waals surface area contributed by atoms with Gasteiger partial charge in [-0.05, 0) is 31.4 Å². The predicted molar refractivity (Wildman–Crippen MR) is 73.4 cm³/mol. The summed E-state index contributed by atoms with van der Waals surface area (Å²) in [7, 11) is 0. The van der Waals surface area contributed by atoms with E-state index in [0.29, 0.717) is 0 Å². The SMILES string of the molecule is Cl.Cl.c1nc(N2CCCC2)nc2c1CCNC2. The van der Waals surface area contributed by atoms with E-state index in [1.54, 1.807) is 0 Å². The fourth-order valence-corrected chi connectivity index (χ4v) is 2.29. The molecule has 1 aromatic rings. The van der Waals surface area contributed by atoms with Crippen molar-refractivity contribution in [2.24, 2.45) is 0 Å². The minimum Gasteiger partial charge on any atom is -0.341 e. The molecule has 0 spiro atoms. The van der Waals surface area contributed by atoms with Gasteiger partial charge in [-0.2, -0.15) is 0 Å². The highest BCUT2D eigenvalue weighted by Crippen LogP contribution is 2.18. The number of hydrogen-bond acceptors (Lipinski definition) is 4. The Morgan fingerprint density at radius 1 is 1.18 bits per heavy atom. The van der Waals surface area contributed by atoms with E-state index in [1.807, 2.05) is 6.20 Å². The largest absolute Gasteiger partial charge is 0.341 e. The first kappa shape index (κ1) is 14.5. The minimum atomic E-state index is 0. The van der Waals surface area contributed by atoms with E-state index < -0.39 is 0 Å². The van der Waals surface area contributed by atoms with Crippen molar-refractivity contribution in [2.75, 3.05) is 24.5 Å². The van der Waals surface area contributed by atoms with Gasteiger partial charge in [0.05, 0.1) is 5.69 Å². The number of fused-ring (bicyclic) bond motifs is 1. The van der Waals surface area contributed by atoms with Crippen molar-refractivity contribution in [3.8, 4) is 0 Å². The molecule has 3 rings (SSSR count). The molecule has 3 heterocycles. The van der Waals surface area contributed by atoms with Crippen LogP contribution in [0.5, 0.6) is 0 Å². The number of halogens is 2. The van der Waals surface area contributed by atoms with Gasteiger partial charge in [0.1, 0.15) is 0 Å². The molecule has 0 radical (unpaired) electrons. The van der Waals surface area contributed by atoms with Crippen LogP contribution in [-0.4, -0.2) is 29.6 Å². The van der Waals surface area contributed by atoms with Crippen LogP contribution in [0.3, 0.4) is 0 Å². The molecular formula is C11H18Cl2N4. The second-order valence-corrected chi connectivity index (χ2v) is 4.26. The third kappa shape index (κ3) is 3.00. The zero-order chi connectivity index (χ0) is 10.1. The monoisotopic (exact) mass is 276 g/mol. The minimum absolute atomic E-state index is 0. The fourth-order valence-electron chi connectivity index (χ4n) is 2.29. The van der Waals surface area contributed by atoms with Crippen LogP contribution in [0.1, 0.15) is 24.1 Å². The van der Waals surface area contributed by atoms with Crippen molar-refractivity contribution in [1.82, 2.24) is 15.3 Å². The summed E-state index contributed by atoms with van der Waals surface area (Å²) in [4.78, 5) is 11.4. The van der Waals surface area contributed by atoms with E-state index in [-0.39, 0.29) is 24.8 Å². The number of rotatable bonds is 1. The van der Waals surface area contributed by atoms with E-state index in [0.717, 1.165) is 38.5 Å². The Kier molecular flexibility index (Phi) is 5.43. The van der Waals surface area contributed by atoms with Crippen LogP contribution in [0.4, 0.5) is 5.95 Å². The smallest absolute Gasteiger partial charge is 0.225 e. The van der Waals surface area contributed by atoms with Gasteiger partial charge < -0.3 is 10.2 Å². The van der Waals surface area contributed by atoms with Crippen LogP contribution >= 0.6 is 24.8 Å². The normalized spacial score (nSPS) is 18.0. The highest BCUT2D eigenvalue weighted by Gasteiger charge is 2.17. The molecule has 1 fully saturated rings. The average Bonchev–Trinajstić information content (AvgIpc) is 2.82. The van der Waals surface area contributed by atoms with Gasteiger partial charge in [0.15, 0.2) is 0 Å². The van der Waals surface area contributed by atoms with Gasteiger partial charge in [0.2, 0.25) is 5.95 Å². The quantitative estimate of drug-likeness (QED) is 0.846. The molecule has 2 aliphatic rings. The third-order valence-corrected chi connectivity index (χ3v) is 3.19. The van der Waals surface area contributed by atoms with Crippen molar-refractivity contribution < 1.29 is 0 Å². The third-order valence-electron chi connectivity index (χ3n) is 3.19. The molecule has 17 heavy (non-hydrogen) atoms. The Bertz CT molecular complexity index is 366. The highest BCUT2D eigenvalue weighted by atomic mass is 35.5. The lowest BCUT2D eigenvalue weighted by Gasteiger charge is -2.20. The fraction of sp³-hybridized carbons (Fsp3) is 0.636. The van der Waals surface area contributed by atoms with Crippen LogP contribution in [-0.2, 0) is 13.0 Å². The highest BCUT2D eigenvalue weighted by molar-refractivity contribution is 5.85. The van der Waals surface area contributed by atoms with Crippen molar-refractivity contribution >= 4 is 30.8 Å². The maximum atomic E-state index is 4.65. The molecule has 0 unspecified atom stereocenters. The van der Waals surface area contributed by atoms with Crippen LogP contribution in [0.25, 0.3) is 0 Å². The lowest BCUT2D eigenvalue weighted by atomic mass is 10.1. The molecule has 6 heteroatoms. The number of aromatic nitrogens is 2. The lowest BCUT2D eigenvalue weighted by molar-refractivity contribution is 0.621. The lowest BCUT2D eigenvalue weighted by Crippen LogP contribution is -2.27. The summed E-state index contributed by atoms with van der Waals surface area (Å²) < 4.78 is 0. The Morgan fingerprint density at radius 2 is 1.94 bits per heavy atom. The maximum absolute atomic E-state index is 4.65. The van der Waals surface area contributed by atoms with Crippen LogP contribution in [0.15, 0.2) is 6.20 Å². The molecule has 96 valence electrons. The summed E-state index contributed by atoms with van der Waals surface area (Å²) in [5, 5.41) is 3.35. The Morgan fingerprint density at radius 3 is 2.71 bits per heavy atom. The van der Waals surface area contributed by atoms with E-state index >= 15 is 0 Å². The van der Waals surface area contributed by atoms with Crippen LogP contribution < -0.4 is 10.2 Å². The van der Waals surface area contributed by atoms with Gasteiger partial charge in [0, 0.05) is 25.8 Å². The average molecular weight is 277 g/mol. The molecule has 0 aromatic carbocycles. The van der Waals surface area contributed by atoms with Gasteiger partial charge in [0.25, 0.3) is 0 Å². The van der Waals surface area contributed by atoms with Crippen LogP contribution in [0.2, 0.25) is 0 Å². The first-order valence-electron chi connectivity index (χ1n) is 5.74. The van der Waals surface area contributed by atoms with Crippen molar-refractivity contribution in [2.45, 2.75) is 25.8 Å². The predicted octanol–water partition coefficient (Wildman–Crippen LogP) is 1.57. The molecule has 1 N–H and O–H groups in total. The van der Waals surface area contributed by atoms with Gasteiger partial charge in [-0.1, -0.05) is 0 Å². The molecule has 1 saturated heterocycles. The molecule has 0 bridgehead atoms. The maximum Gasteiger partial charge on any atom is 0.225 e. The van der Waals surface area contributed by atoms with Crippen LogP contribution in [0, 0.1) is 0 Å². The summed E-state index contributed by atoms with van der Waals surface area (Å²) in [5.41, 5.74) is 2.51.